The summed E-state index contributed by atoms with van der Waals surface area (Å²) >= 11 is 0. The highest BCUT2D eigenvalue weighted by Crippen LogP contribution is 2.20. The van der Waals surface area contributed by atoms with Crippen molar-refractivity contribution in [2.45, 2.75) is 27.2 Å². The maximum atomic E-state index is 10.5. The molecule has 58 valence electrons. The summed E-state index contributed by atoms with van der Waals surface area (Å²) in [5.41, 5.74) is -0.619. The average Bonchev–Trinajstić information content (AvgIpc) is 1.84. The minimum absolute atomic E-state index is 0.596. The van der Waals surface area contributed by atoms with E-state index < -0.39 is 11.4 Å². The van der Waals surface area contributed by atoms with E-state index >= 15 is 0 Å². The van der Waals surface area contributed by atoms with Gasteiger partial charge < -0.3 is 5.11 Å². The molecule has 0 heterocycles. The maximum absolute atomic E-state index is 10.5. The predicted octanol–water partition coefficient (Wildman–Crippen LogP) is 2.06. The second kappa shape index (κ2) is 3.40. The summed E-state index contributed by atoms with van der Waals surface area (Å²) in [6.07, 6.45) is 4.33. The molecule has 0 aromatic rings. The molecule has 0 saturated carbocycles. The summed E-state index contributed by atoms with van der Waals surface area (Å²) in [7, 11) is 0. The number of allylic oxidation sites excluding steroid dienone is 2. The number of carboxylic acids is 1. The Bertz CT molecular complexity index is 145. The number of carboxylic acid groups (broad SMARTS) is 1. The molecule has 0 bridgehead atoms. The lowest BCUT2D eigenvalue weighted by Gasteiger charge is -2.15. The second-order valence-electron chi connectivity index (χ2n) is 2.96. The summed E-state index contributed by atoms with van der Waals surface area (Å²) in [5.74, 6) is -0.745. The van der Waals surface area contributed by atoms with E-state index in [0.717, 1.165) is 0 Å². The third kappa shape index (κ3) is 2.67. The maximum Gasteiger partial charge on any atom is 0.309 e. The van der Waals surface area contributed by atoms with Gasteiger partial charge in [-0.1, -0.05) is 12.2 Å². The normalized spacial score (nSPS) is 12.3. The molecule has 10 heavy (non-hydrogen) atoms. The molecule has 0 aliphatic rings. The van der Waals surface area contributed by atoms with E-state index in [1.165, 1.54) is 0 Å². The van der Waals surface area contributed by atoms with Crippen LogP contribution in [0.3, 0.4) is 0 Å². The molecular formula is C8H14O2. The number of hydrogen-bond donors (Lipinski definition) is 1. The van der Waals surface area contributed by atoms with Gasteiger partial charge in [-0.05, 0) is 27.2 Å². The molecule has 0 aromatic heterocycles. The Morgan fingerprint density at radius 2 is 2.10 bits per heavy atom. The lowest BCUT2D eigenvalue weighted by molar-refractivity contribution is -0.146. The molecule has 0 fully saturated rings. The first kappa shape index (κ1) is 9.21. The van der Waals surface area contributed by atoms with Crippen molar-refractivity contribution in [3.05, 3.63) is 12.2 Å². The molecule has 0 saturated heterocycles. The van der Waals surface area contributed by atoms with E-state index in [2.05, 4.69) is 0 Å². The fraction of sp³-hybridized carbons (Fsp3) is 0.625. The van der Waals surface area contributed by atoms with Crippen LogP contribution in [0, 0.1) is 5.41 Å². The molecule has 0 unspecified atom stereocenters. The lowest BCUT2D eigenvalue weighted by atomic mass is 9.89. The highest BCUT2D eigenvalue weighted by molar-refractivity contribution is 5.73. The van der Waals surface area contributed by atoms with Crippen LogP contribution in [0.5, 0.6) is 0 Å². The van der Waals surface area contributed by atoms with Gasteiger partial charge in [0.25, 0.3) is 0 Å². The largest absolute Gasteiger partial charge is 0.481 e. The molecule has 0 rings (SSSR count). The molecule has 0 radical (unpaired) electrons. The van der Waals surface area contributed by atoms with Crippen LogP contribution < -0.4 is 0 Å². The predicted molar refractivity (Wildman–Crippen MR) is 40.8 cm³/mol. The first-order chi connectivity index (χ1) is 4.50. The van der Waals surface area contributed by atoms with Crippen LogP contribution in [0.4, 0.5) is 0 Å². The van der Waals surface area contributed by atoms with Crippen molar-refractivity contribution in [2.24, 2.45) is 5.41 Å². The number of carbonyl (C=O) groups is 1. The number of rotatable bonds is 3. The van der Waals surface area contributed by atoms with Crippen molar-refractivity contribution in [3.8, 4) is 0 Å². The van der Waals surface area contributed by atoms with Crippen molar-refractivity contribution in [2.75, 3.05) is 0 Å². The summed E-state index contributed by atoms with van der Waals surface area (Å²) < 4.78 is 0. The molecule has 2 nitrogen and oxygen atoms in total. The highest BCUT2D eigenvalue weighted by Gasteiger charge is 2.24. The Hall–Kier alpha value is -0.790. The Morgan fingerprint density at radius 1 is 1.60 bits per heavy atom. The van der Waals surface area contributed by atoms with Gasteiger partial charge in [-0.3, -0.25) is 4.79 Å². The zero-order valence-electron chi connectivity index (χ0n) is 6.72. The quantitative estimate of drug-likeness (QED) is 0.612. The molecule has 0 atom stereocenters. The van der Waals surface area contributed by atoms with Gasteiger partial charge in [0.1, 0.15) is 0 Å². The summed E-state index contributed by atoms with van der Waals surface area (Å²) in [4.78, 5) is 10.5. The van der Waals surface area contributed by atoms with E-state index in [1.807, 2.05) is 19.1 Å². The first-order valence-electron chi connectivity index (χ1n) is 3.35. The van der Waals surface area contributed by atoms with Gasteiger partial charge >= 0.3 is 5.97 Å². The van der Waals surface area contributed by atoms with Crippen LogP contribution >= 0.6 is 0 Å². The van der Waals surface area contributed by atoms with Gasteiger partial charge in [0.2, 0.25) is 0 Å². The summed E-state index contributed by atoms with van der Waals surface area (Å²) in [5, 5.41) is 8.63. The monoisotopic (exact) mass is 142 g/mol. The minimum Gasteiger partial charge on any atom is -0.481 e. The second-order valence-corrected chi connectivity index (χ2v) is 2.96. The van der Waals surface area contributed by atoms with Crippen molar-refractivity contribution in [1.29, 1.82) is 0 Å². The molecule has 0 spiro atoms. The topological polar surface area (TPSA) is 37.3 Å². The third-order valence-corrected chi connectivity index (χ3v) is 1.44. The minimum atomic E-state index is -0.745. The molecule has 2 heteroatoms. The Kier molecular flexibility index (Phi) is 3.13. The average molecular weight is 142 g/mol. The summed E-state index contributed by atoms with van der Waals surface area (Å²) in [6, 6.07) is 0. The van der Waals surface area contributed by atoms with Gasteiger partial charge in [0.15, 0.2) is 0 Å². The van der Waals surface area contributed by atoms with Crippen molar-refractivity contribution < 1.29 is 9.90 Å². The van der Waals surface area contributed by atoms with Crippen molar-refractivity contribution in [1.82, 2.24) is 0 Å². The number of aliphatic carboxylic acids is 1. The van der Waals surface area contributed by atoms with Gasteiger partial charge in [0, 0.05) is 0 Å². The van der Waals surface area contributed by atoms with Crippen molar-refractivity contribution in [3.63, 3.8) is 0 Å². The Labute approximate surface area is 61.6 Å². The van der Waals surface area contributed by atoms with Gasteiger partial charge in [-0.25, -0.2) is 0 Å². The standard InChI is InChI=1S/C8H14O2/c1-4-5-6-8(2,3)7(9)10/h4-5H,6H2,1-3H3,(H,9,10)/b5-4+. The van der Waals surface area contributed by atoms with Gasteiger partial charge in [-0.15, -0.1) is 0 Å². The van der Waals surface area contributed by atoms with Gasteiger partial charge in [-0.2, -0.15) is 0 Å². The Balaban J connectivity index is 3.99. The van der Waals surface area contributed by atoms with E-state index in [9.17, 15) is 4.79 Å². The third-order valence-electron chi connectivity index (χ3n) is 1.44. The van der Waals surface area contributed by atoms with Crippen LogP contribution in [0.15, 0.2) is 12.2 Å². The van der Waals surface area contributed by atoms with Crippen molar-refractivity contribution >= 4 is 5.97 Å². The van der Waals surface area contributed by atoms with Crippen LogP contribution in [0.25, 0.3) is 0 Å². The molecular weight excluding hydrogens is 128 g/mol. The summed E-state index contributed by atoms with van der Waals surface area (Å²) in [6.45, 7) is 5.32. The zero-order valence-corrected chi connectivity index (χ0v) is 6.72. The van der Waals surface area contributed by atoms with Crippen LogP contribution in [-0.2, 0) is 4.79 Å². The molecule has 0 amide bonds. The fourth-order valence-electron chi connectivity index (χ4n) is 0.500. The smallest absolute Gasteiger partial charge is 0.309 e. The van der Waals surface area contributed by atoms with Crippen LogP contribution in [0.1, 0.15) is 27.2 Å². The lowest BCUT2D eigenvalue weighted by Crippen LogP contribution is -2.22. The zero-order chi connectivity index (χ0) is 8.20. The number of hydrogen-bond acceptors (Lipinski definition) is 1. The van der Waals surface area contributed by atoms with Crippen LogP contribution in [-0.4, -0.2) is 11.1 Å². The molecule has 0 aliphatic heterocycles. The molecule has 0 aliphatic carbocycles. The van der Waals surface area contributed by atoms with E-state index in [1.54, 1.807) is 13.8 Å². The van der Waals surface area contributed by atoms with E-state index in [0.29, 0.717) is 6.42 Å². The van der Waals surface area contributed by atoms with Crippen LogP contribution in [0.2, 0.25) is 0 Å². The molecule has 0 aromatic carbocycles. The SMILES string of the molecule is C/C=C/CC(C)(C)C(=O)O. The first-order valence-corrected chi connectivity index (χ1v) is 3.35. The van der Waals surface area contributed by atoms with E-state index in [4.69, 9.17) is 5.11 Å². The van der Waals surface area contributed by atoms with E-state index in [-0.39, 0.29) is 0 Å². The van der Waals surface area contributed by atoms with Gasteiger partial charge in [0.05, 0.1) is 5.41 Å². The Morgan fingerprint density at radius 3 is 2.40 bits per heavy atom. The fourth-order valence-corrected chi connectivity index (χ4v) is 0.500. The molecule has 1 N–H and O–H groups in total. The highest BCUT2D eigenvalue weighted by atomic mass is 16.4.